The highest BCUT2D eigenvalue weighted by Gasteiger charge is 2.47. The van der Waals surface area contributed by atoms with Crippen molar-refractivity contribution in [2.45, 2.75) is 6.10 Å². The Bertz CT molecular complexity index is 604. The van der Waals surface area contributed by atoms with Crippen molar-refractivity contribution in [2.24, 2.45) is 5.92 Å². The molecule has 2 heterocycles. The maximum atomic E-state index is 11.7. The topological polar surface area (TPSA) is 102 Å². The lowest BCUT2D eigenvalue weighted by Gasteiger charge is -2.24. The summed E-state index contributed by atoms with van der Waals surface area (Å²) >= 11 is 0. The molecule has 0 aliphatic carbocycles. The molecule has 19 heavy (non-hydrogen) atoms. The van der Waals surface area contributed by atoms with E-state index in [0.717, 1.165) is 0 Å². The maximum Gasteiger partial charge on any atom is 0.339 e. The fraction of sp³-hybridized carbons (Fsp3) is 0.167. The summed E-state index contributed by atoms with van der Waals surface area (Å²) in [5, 5.41) is 3.96. The number of rotatable bonds is 1. The van der Waals surface area contributed by atoms with Crippen LogP contribution in [0.15, 0.2) is 24.3 Å². The average Bonchev–Trinajstić information content (AvgIpc) is 2.67. The van der Waals surface area contributed by atoms with Gasteiger partial charge < -0.3 is 4.74 Å². The lowest BCUT2D eigenvalue weighted by molar-refractivity contribution is -0.140. The van der Waals surface area contributed by atoms with Crippen LogP contribution in [-0.4, -0.2) is 23.8 Å². The zero-order chi connectivity index (χ0) is 13.6. The van der Waals surface area contributed by atoms with Crippen LogP contribution >= 0.6 is 0 Å². The van der Waals surface area contributed by atoms with Gasteiger partial charge in [0.1, 0.15) is 6.10 Å². The van der Waals surface area contributed by atoms with Crippen LogP contribution < -0.4 is 10.6 Å². The van der Waals surface area contributed by atoms with Crippen molar-refractivity contribution < 1.29 is 23.9 Å². The van der Waals surface area contributed by atoms with Gasteiger partial charge in [0.15, 0.2) is 5.92 Å². The first kappa shape index (κ1) is 11.4. The monoisotopic (exact) mass is 260 g/mol. The van der Waals surface area contributed by atoms with E-state index in [1.807, 2.05) is 10.6 Å². The van der Waals surface area contributed by atoms with E-state index < -0.39 is 35.8 Å². The molecule has 0 bridgehead atoms. The molecule has 0 radical (unpaired) electrons. The summed E-state index contributed by atoms with van der Waals surface area (Å²) < 4.78 is 5.08. The van der Waals surface area contributed by atoms with Gasteiger partial charge in [-0.25, -0.2) is 9.59 Å². The van der Waals surface area contributed by atoms with Crippen molar-refractivity contribution in [1.29, 1.82) is 0 Å². The highest BCUT2D eigenvalue weighted by Crippen LogP contribution is 2.36. The Morgan fingerprint density at radius 1 is 0.947 bits per heavy atom. The van der Waals surface area contributed by atoms with Crippen LogP contribution in [0, 0.1) is 5.92 Å². The van der Waals surface area contributed by atoms with Gasteiger partial charge in [0.2, 0.25) is 11.8 Å². The van der Waals surface area contributed by atoms with Gasteiger partial charge in [0.25, 0.3) is 0 Å². The Labute approximate surface area is 106 Å². The minimum atomic E-state index is -1.26. The summed E-state index contributed by atoms with van der Waals surface area (Å²) in [6.07, 6.45) is -1.00. The number of amides is 4. The minimum Gasteiger partial charge on any atom is -0.452 e. The van der Waals surface area contributed by atoms with Crippen LogP contribution in [0.5, 0.6) is 0 Å². The SMILES string of the molecule is O=C1NC(=O)C(C2OC(=O)c3ccccc32)C(=O)N1. The van der Waals surface area contributed by atoms with Gasteiger partial charge in [-0.15, -0.1) is 0 Å². The first-order valence-electron chi connectivity index (χ1n) is 5.53. The number of barbiturate groups is 1. The molecule has 1 aromatic carbocycles. The number of urea groups is 1. The first-order chi connectivity index (χ1) is 9.08. The van der Waals surface area contributed by atoms with Crippen molar-refractivity contribution in [3.05, 3.63) is 35.4 Å². The number of nitrogens with one attached hydrogen (secondary N) is 2. The molecular weight excluding hydrogens is 252 g/mol. The number of ether oxygens (including phenoxy) is 1. The Morgan fingerprint density at radius 2 is 1.58 bits per heavy atom. The normalized spacial score (nSPS) is 22.6. The van der Waals surface area contributed by atoms with Gasteiger partial charge in [-0.3, -0.25) is 20.2 Å². The van der Waals surface area contributed by atoms with Crippen molar-refractivity contribution in [3.8, 4) is 0 Å². The highest BCUT2D eigenvalue weighted by molar-refractivity contribution is 6.17. The molecule has 3 rings (SSSR count). The summed E-state index contributed by atoms with van der Waals surface area (Å²) in [4.78, 5) is 46.1. The van der Waals surface area contributed by atoms with Crippen LogP contribution in [0.4, 0.5) is 4.79 Å². The molecule has 1 unspecified atom stereocenters. The summed E-state index contributed by atoms with van der Waals surface area (Å²) in [5.74, 6) is -3.39. The Morgan fingerprint density at radius 3 is 2.26 bits per heavy atom. The fourth-order valence-corrected chi connectivity index (χ4v) is 2.23. The summed E-state index contributed by atoms with van der Waals surface area (Å²) in [6, 6.07) is 5.64. The number of fused-ring (bicyclic) bond motifs is 1. The molecule has 7 heteroatoms. The molecule has 2 N–H and O–H groups in total. The zero-order valence-corrected chi connectivity index (χ0v) is 9.51. The zero-order valence-electron chi connectivity index (χ0n) is 9.51. The minimum absolute atomic E-state index is 0.324. The molecule has 4 amide bonds. The highest BCUT2D eigenvalue weighted by atomic mass is 16.5. The number of hydrogen-bond donors (Lipinski definition) is 2. The van der Waals surface area contributed by atoms with Crippen LogP contribution in [-0.2, 0) is 14.3 Å². The Kier molecular flexibility index (Phi) is 2.34. The van der Waals surface area contributed by atoms with Crippen LogP contribution in [0.1, 0.15) is 22.0 Å². The number of imide groups is 2. The van der Waals surface area contributed by atoms with Crippen LogP contribution in [0.25, 0.3) is 0 Å². The van der Waals surface area contributed by atoms with Crippen LogP contribution in [0.2, 0.25) is 0 Å². The molecule has 0 spiro atoms. The molecule has 0 saturated carbocycles. The van der Waals surface area contributed by atoms with Crippen molar-refractivity contribution >= 4 is 23.8 Å². The molecule has 1 fully saturated rings. The molecular formula is C12H8N2O5. The first-order valence-corrected chi connectivity index (χ1v) is 5.53. The maximum absolute atomic E-state index is 11.7. The number of carbonyl (C=O) groups excluding carboxylic acids is 4. The summed E-state index contributed by atoms with van der Waals surface area (Å²) in [6.45, 7) is 0. The smallest absolute Gasteiger partial charge is 0.339 e. The van der Waals surface area contributed by atoms with Gasteiger partial charge in [0.05, 0.1) is 5.56 Å². The molecule has 2 aliphatic heterocycles. The number of benzene rings is 1. The third-order valence-corrected chi connectivity index (χ3v) is 3.06. The molecule has 1 aromatic rings. The second-order valence-electron chi connectivity index (χ2n) is 4.20. The number of carbonyl (C=O) groups is 4. The van der Waals surface area contributed by atoms with E-state index in [1.54, 1.807) is 24.3 Å². The van der Waals surface area contributed by atoms with E-state index >= 15 is 0 Å². The quantitative estimate of drug-likeness (QED) is 0.541. The van der Waals surface area contributed by atoms with Gasteiger partial charge in [-0.05, 0) is 6.07 Å². The van der Waals surface area contributed by atoms with E-state index in [1.165, 1.54) is 0 Å². The van der Waals surface area contributed by atoms with Crippen LogP contribution in [0.3, 0.4) is 0 Å². The third-order valence-electron chi connectivity index (χ3n) is 3.06. The lowest BCUT2D eigenvalue weighted by atomic mass is 9.92. The molecule has 1 atom stereocenters. The fourth-order valence-electron chi connectivity index (χ4n) is 2.23. The van der Waals surface area contributed by atoms with Gasteiger partial charge in [-0.2, -0.15) is 0 Å². The van der Waals surface area contributed by atoms with E-state index in [-0.39, 0.29) is 0 Å². The predicted octanol–water partition coefficient (Wildman–Crippen LogP) is -0.120. The van der Waals surface area contributed by atoms with E-state index in [4.69, 9.17) is 4.74 Å². The van der Waals surface area contributed by atoms with Gasteiger partial charge in [-0.1, -0.05) is 18.2 Å². The molecule has 0 aromatic heterocycles. The standard InChI is InChI=1S/C12H8N2O5/c15-9-7(10(16)14-12(18)13-9)8-5-3-1-2-4-6(5)11(17)19-8/h1-4,7-8H,(H2,13,14,15,16,18). The third kappa shape index (κ3) is 1.67. The molecule has 7 nitrogen and oxygen atoms in total. The van der Waals surface area contributed by atoms with Crippen molar-refractivity contribution in [2.75, 3.05) is 0 Å². The summed E-state index contributed by atoms with van der Waals surface area (Å²) in [5.41, 5.74) is 0.794. The molecule has 96 valence electrons. The lowest BCUT2D eigenvalue weighted by Crippen LogP contribution is -2.57. The number of hydrogen-bond acceptors (Lipinski definition) is 5. The molecule has 2 aliphatic rings. The second kappa shape index (κ2) is 3.91. The summed E-state index contributed by atoms with van der Waals surface area (Å²) in [7, 11) is 0. The van der Waals surface area contributed by atoms with E-state index in [2.05, 4.69) is 0 Å². The number of esters is 1. The Balaban J connectivity index is 2.00. The van der Waals surface area contributed by atoms with Gasteiger partial charge in [0, 0.05) is 5.56 Å². The van der Waals surface area contributed by atoms with Crippen molar-refractivity contribution in [1.82, 2.24) is 10.6 Å². The Hall–Kier alpha value is -2.70. The number of cyclic esters (lactones) is 1. The average molecular weight is 260 g/mol. The van der Waals surface area contributed by atoms with Crippen molar-refractivity contribution in [3.63, 3.8) is 0 Å². The molecule has 1 saturated heterocycles. The predicted molar refractivity (Wildman–Crippen MR) is 59.8 cm³/mol. The van der Waals surface area contributed by atoms with Gasteiger partial charge >= 0.3 is 12.0 Å². The second-order valence-corrected chi connectivity index (χ2v) is 4.20. The largest absolute Gasteiger partial charge is 0.452 e. The van der Waals surface area contributed by atoms with E-state index in [9.17, 15) is 19.2 Å². The van der Waals surface area contributed by atoms with E-state index in [0.29, 0.717) is 11.1 Å².